The van der Waals surface area contributed by atoms with Gasteiger partial charge < -0.3 is 5.32 Å². The topological polar surface area (TPSA) is 29.9 Å². The second kappa shape index (κ2) is 5.81. The Hall–Kier alpha value is -1.14. The molecule has 2 heterocycles. The molecular formula is C9H10ClF2N3S. The summed E-state index contributed by atoms with van der Waals surface area (Å²) in [5.41, 5.74) is 0. The van der Waals surface area contributed by atoms with E-state index >= 15 is 0 Å². The molecule has 0 aromatic carbocycles. The van der Waals surface area contributed by atoms with E-state index in [0.717, 1.165) is 4.88 Å². The third-order valence-corrected chi connectivity index (χ3v) is 2.71. The largest absolute Gasteiger partial charge is 0.364 e. The zero-order valence-corrected chi connectivity index (χ0v) is 9.77. The highest BCUT2D eigenvalue weighted by Gasteiger charge is 2.06. The van der Waals surface area contributed by atoms with Crippen LogP contribution in [0.25, 0.3) is 0 Å². The summed E-state index contributed by atoms with van der Waals surface area (Å²) in [5, 5.41) is 8.60. The number of hydrogen-bond acceptors (Lipinski definition) is 3. The average molecular weight is 266 g/mol. The molecule has 0 bridgehead atoms. The van der Waals surface area contributed by atoms with E-state index in [9.17, 15) is 8.78 Å². The lowest BCUT2D eigenvalue weighted by molar-refractivity contribution is 0.0569. The van der Waals surface area contributed by atoms with E-state index in [0.29, 0.717) is 17.0 Å². The quantitative estimate of drug-likeness (QED) is 0.919. The first-order chi connectivity index (χ1) is 7.25. The summed E-state index contributed by atoms with van der Waals surface area (Å²) in [7, 11) is 0. The molecule has 0 saturated carbocycles. The van der Waals surface area contributed by atoms with E-state index in [-0.39, 0.29) is 12.4 Å². The molecule has 0 amide bonds. The average Bonchev–Trinajstić information content (AvgIpc) is 2.86. The van der Waals surface area contributed by atoms with Crippen molar-refractivity contribution in [2.75, 3.05) is 5.32 Å². The van der Waals surface area contributed by atoms with Crippen molar-refractivity contribution in [3.63, 3.8) is 0 Å². The second-order valence-corrected chi connectivity index (χ2v) is 3.92. The maximum absolute atomic E-state index is 12.2. The molecule has 0 saturated heterocycles. The van der Waals surface area contributed by atoms with Crippen LogP contribution in [0.5, 0.6) is 0 Å². The minimum absolute atomic E-state index is 0. The van der Waals surface area contributed by atoms with Crippen LogP contribution in [0.4, 0.5) is 14.6 Å². The van der Waals surface area contributed by atoms with Crippen LogP contribution in [0.2, 0.25) is 0 Å². The van der Waals surface area contributed by atoms with Crippen LogP contribution in [-0.4, -0.2) is 9.78 Å². The summed E-state index contributed by atoms with van der Waals surface area (Å²) in [6.45, 7) is -1.97. The van der Waals surface area contributed by atoms with E-state index < -0.39 is 6.55 Å². The van der Waals surface area contributed by atoms with E-state index in [1.165, 1.54) is 12.3 Å². The first kappa shape index (κ1) is 12.9. The Bertz CT molecular complexity index is 416. The van der Waals surface area contributed by atoms with Gasteiger partial charge in [0.2, 0.25) is 0 Å². The SMILES string of the molecule is Cl.FC(F)n1ccc(NCc2cccs2)n1. The van der Waals surface area contributed by atoms with Gasteiger partial charge in [0.15, 0.2) is 0 Å². The predicted molar refractivity (Wildman–Crippen MR) is 62.4 cm³/mol. The monoisotopic (exact) mass is 265 g/mol. The van der Waals surface area contributed by atoms with E-state index in [1.807, 2.05) is 17.5 Å². The number of aromatic nitrogens is 2. The number of alkyl halides is 2. The van der Waals surface area contributed by atoms with Gasteiger partial charge in [0, 0.05) is 17.1 Å². The first-order valence-corrected chi connectivity index (χ1v) is 5.23. The van der Waals surface area contributed by atoms with Gasteiger partial charge in [-0.15, -0.1) is 23.7 Å². The van der Waals surface area contributed by atoms with Gasteiger partial charge in [0.05, 0.1) is 6.54 Å². The fraction of sp³-hybridized carbons (Fsp3) is 0.222. The number of hydrogen-bond donors (Lipinski definition) is 1. The molecule has 0 aliphatic carbocycles. The lowest BCUT2D eigenvalue weighted by atomic mass is 10.4. The molecule has 2 aromatic heterocycles. The van der Waals surface area contributed by atoms with E-state index in [4.69, 9.17) is 0 Å². The summed E-state index contributed by atoms with van der Waals surface area (Å²) in [5.74, 6) is 0.462. The van der Waals surface area contributed by atoms with Crippen LogP contribution in [0.3, 0.4) is 0 Å². The maximum atomic E-state index is 12.2. The fourth-order valence-electron chi connectivity index (χ4n) is 1.13. The zero-order valence-electron chi connectivity index (χ0n) is 8.14. The van der Waals surface area contributed by atoms with Gasteiger partial charge >= 0.3 is 6.55 Å². The first-order valence-electron chi connectivity index (χ1n) is 4.35. The predicted octanol–water partition coefficient (Wildman–Crippen LogP) is 3.37. The Balaban J connectivity index is 0.00000128. The van der Waals surface area contributed by atoms with Gasteiger partial charge in [-0.05, 0) is 11.4 Å². The molecular weight excluding hydrogens is 256 g/mol. The Morgan fingerprint density at radius 3 is 2.81 bits per heavy atom. The number of halogens is 3. The van der Waals surface area contributed by atoms with E-state index in [1.54, 1.807) is 11.3 Å². The highest BCUT2D eigenvalue weighted by Crippen LogP contribution is 2.14. The minimum Gasteiger partial charge on any atom is -0.364 e. The Kier molecular flexibility index (Phi) is 4.70. The zero-order chi connectivity index (χ0) is 10.7. The van der Waals surface area contributed by atoms with Crippen molar-refractivity contribution in [3.8, 4) is 0 Å². The molecule has 0 spiro atoms. The molecule has 0 aliphatic rings. The van der Waals surface area contributed by atoms with Crippen molar-refractivity contribution in [2.24, 2.45) is 0 Å². The minimum atomic E-state index is -2.58. The fourth-order valence-corrected chi connectivity index (χ4v) is 1.78. The van der Waals surface area contributed by atoms with Gasteiger partial charge in [-0.3, -0.25) is 0 Å². The smallest absolute Gasteiger partial charge is 0.333 e. The maximum Gasteiger partial charge on any atom is 0.333 e. The Labute approximate surface area is 102 Å². The number of nitrogens with zero attached hydrogens (tertiary/aromatic N) is 2. The lowest BCUT2D eigenvalue weighted by Crippen LogP contribution is -2.02. The van der Waals surface area contributed by atoms with E-state index in [2.05, 4.69) is 10.4 Å². The Morgan fingerprint density at radius 1 is 1.44 bits per heavy atom. The van der Waals surface area contributed by atoms with Gasteiger partial charge in [-0.1, -0.05) is 6.07 Å². The van der Waals surface area contributed by atoms with Gasteiger partial charge in [-0.2, -0.15) is 13.9 Å². The second-order valence-electron chi connectivity index (χ2n) is 2.89. The van der Waals surface area contributed by atoms with Crippen LogP contribution in [0.15, 0.2) is 29.8 Å². The van der Waals surface area contributed by atoms with Crippen LogP contribution < -0.4 is 5.32 Å². The van der Waals surface area contributed by atoms with Gasteiger partial charge in [0.1, 0.15) is 5.82 Å². The molecule has 0 unspecified atom stereocenters. The highest BCUT2D eigenvalue weighted by molar-refractivity contribution is 7.09. The van der Waals surface area contributed by atoms with Crippen molar-refractivity contribution in [2.45, 2.75) is 13.1 Å². The molecule has 1 N–H and O–H groups in total. The number of nitrogens with one attached hydrogen (secondary N) is 1. The summed E-state index contributed by atoms with van der Waals surface area (Å²) in [6, 6.07) is 5.45. The summed E-state index contributed by atoms with van der Waals surface area (Å²) in [6.07, 6.45) is 1.25. The molecule has 2 rings (SSSR count). The molecule has 16 heavy (non-hydrogen) atoms. The molecule has 0 atom stereocenters. The molecule has 88 valence electrons. The molecule has 0 radical (unpaired) electrons. The van der Waals surface area contributed by atoms with Gasteiger partial charge in [-0.25, -0.2) is 4.68 Å². The van der Waals surface area contributed by atoms with Crippen molar-refractivity contribution < 1.29 is 8.78 Å². The number of anilines is 1. The normalized spacial score (nSPS) is 10.2. The molecule has 7 heteroatoms. The van der Waals surface area contributed by atoms with Crippen molar-refractivity contribution >= 4 is 29.6 Å². The summed E-state index contributed by atoms with van der Waals surface area (Å²) >= 11 is 1.61. The van der Waals surface area contributed by atoms with Crippen LogP contribution >= 0.6 is 23.7 Å². The number of thiophene rings is 1. The third-order valence-electron chi connectivity index (χ3n) is 1.83. The summed E-state index contributed by atoms with van der Waals surface area (Å²) in [4.78, 5) is 1.14. The van der Waals surface area contributed by atoms with Crippen LogP contribution in [0.1, 0.15) is 11.4 Å². The molecule has 0 fully saturated rings. The number of rotatable bonds is 4. The van der Waals surface area contributed by atoms with Crippen molar-refractivity contribution in [1.82, 2.24) is 9.78 Å². The lowest BCUT2D eigenvalue weighted by Gasteiger charge is -2.00. The Morgan fingerprint density at radius 2 is 2.25 bits per heavy atom. The van der Waals surface area contributed by atoms with Crippen LogP contribution in [-0.2, 0) is 6.54 Å². The van der Waals surface area contributed by atoms with Gasteiger partial charge in [0.25, 0.3) is 0 Å². The standard InChI is InChI=1S/C9H9F2N3S.ClH/c10-9(11)14-4-3-8(13-14)12-6-7-2-1-5-15-7;/h1-5,9H,6H2,(H,12,13);1H. The van der Waals surface area contributed by atoms with Crippen molar-refractivity contribution in [3.05, 3.63) is 34.7 Å². The summed E-state index contributed by atoms with van der Waals surface area (Å²) < 4.78 is 25.0. The third kappa shape index (κ3) is 3.18. The van der Waals surface area contributed by atoms with Crippen LogP contribution in [0, 0.1) is 0 Å². The highest BCUT2D eigenvalue weighted by atomic mass is 35.5. The molecule has 0 aliphatic heterocycles. The van der Waals surface area contributed by atoms with Crippen molar-refractivity contribution in [1.29, 1.82) is 0 Å². The molecule has 3 nitrogen and oxygen atoms in total. The molecule has 2 aromatic rings.